The number of ether oxygens (including phenoxy) is 1. The first-order chi connectivity index (χ1) is 14.3. The molecule has 1 saturated heterocycles. The molecule has 1 heterocycles. The molecule has 2 aromatic rings. The molecule has 156 valence electrons. The number of rotatable bonds is 6. The van der Waals surface area contributed by atoms with E-state index in [0.29, 0.717) is 21.3 Å². The summed E-state index contributed by atoms with van der Waals surface area (Å²) in [5.74, 6) is -2.94. The lowest BCUT2D eigenvalue weighted by molar-refractivity contribution is -0.151. The second-order valence-electron chi connectivity index (χ2n) is 6.52. The Morgan fingerprint density at radius 3 is 2.23 bits per heavy atom. The monoisotopic (exact) mass is 449 g/mol. The van der Waals surface area contributed by atoms with E-state index in [1.165, 1.54) is 12.1 Å². The van der Waals surface area contributed by atoms with E-state index in [1.807, 2.05) is 0 Å². The summed E-state index contributed by atoms with van der Waals surface area (Å²) in [5.41, 5.74) is 3.28. The van der Waals surface area contributed by atoms with Gasteiger partial charge in [-0.15, -0.1) is 0 Å². The van der Waals surface area contributed by atoms with Crippen molar-refractivity contribution in [1.82, 2.24) is 10.4 Å². The Morgan fingerprint density at radius 2 is 1.60 bits per heavy atom. The summed E-state index contributed by atoms with van der Waals surface area (Å²) in [6.07, 6.45) is -0.126. The van der Waals surface area contributed by atoms with Gasteiger partial charge in [-0.3, -0.25) is 29.6 Å². The van der Waals surface area contributed by atoms with Gasteiger partial charge in [0.15, 0.2) is 6.61 Å². The number of esters is 1. The Balaban J connectivity index is 1.47. The number of nitrogens with one attached hydrogen (secondary N) is 2. The zero-order valence-electron chi connectivity index (χ0n) is 15.6. The topological polar surface area (TPSA) is 105 Å². The van der Waals surface area contributed by atoms with Crippen LogP contribution >= 0.6 is 23.2 Å². The molecule has 30 heavy (non-hydrogen) atoms. The lowest BCUT2D eigenvalue weighted by Gasteiger charge is -2.17. The number of hydrogen-bond donors (Lipinski definition) is 2. The molecule has 0 bridgehead atoms. The van der Waals surface area contributed by atoms with E-state index < -0.39 is 36.2 Å². The summed E-state index contributed by atoms with van der Waals surface area (Å²) in [7, 11) is 0. The molecule has 0 saturated carbocycles. The van der Waals surface area contributed by atoms with Gasteiger partial charge in [0, 0.05) is 27.7 Å². The summed E-state index contributed by atoms with van der Waals surface area (Å²) in [4.78, 5) is 48.4. The molecular formula is C20H17Cl2N3O5. The number of benzene rings is 2. The van der Waals surface area contributed by atoms with Crippen LogP contribution in [0.15, 0.2) is 48.5 Å². The van der Waals surface area contributed by atoms with Gasteiger partial charge in [0.1, 0.15) is 0 Å². The molecule has 2 aromatic carbocycles. The zero-order valence-corrected chi connectivity index (χ0v) is 17.1. The van der Waals surface area contributed by atoms with Gasteiger partial charge in [-0.2, -0.15) is 0 Å². The fourth-order valence-electron chi connectivity index (χ4n) is 2.75. The van der Waals surface area contributed by atoms with Crippen LogP contribution in [0.5, 0.6) is 0 Å². The van der Waals surface area contributed by atoms with Gasteiger partial charge >= 0.3 is 5.97 Å². The Labute approximate surface area is 182 Å². The number of hydrogen-bond acceptors (Lipinski definition) is 5. The second kappa shape index (κ2) is 9.60. The zero-order chi connectivity index (χ0) is 21.7. The smallest absolute Gasteiger partial charge is 0.311 e. The maximum absolute atomic E-state index is 12.2. The van der Waals surface area contributed by atoms with Crippen molar-refractivity contribution in [3.05, 3.63) is 64.1 Å². The molecule has 0 radical (unpaired) electrons. The Bertz CT molecular complexity index is 963. The van der Waals surface area contributed by atoms with Crippen LogP contribution in [0.4, 0.5) is 5.69 Å². The summed E-state index contributed by atoms with van der Waals surface area (Å²) < 4.78 is 5.00. The van der Waals surface area contributed by atoms with Gasteiger partial charge in [0.2, 0.25) is 5.91 Å². The van der Waals surface area contributed by atoms with Crippen LogP contribution in [0.2, 0.25) is 10.0 Å². The van der Waals surface area contributed by atoms with Crippen LogP contribution in [-0.4, -0.2) is 41.9 Å². The molecule has 0 aliphatic carbocycles. The first-order valence-electron chi connectivity index (χ1n) is 8.91. The largest absolute Gasteiger partial charge is 0.455 e. The summed E-state index contributed by atoms with van der Waals surface area (Å²) in [6, 6.07) is 12.6. The van der Waals surface area contributed by atoms with Crippen LogP contribution in [-0.2, 0) is 19.1 Å². The molecular weight excluding hydrogens is 433 g/mol. The van der Waals surface area contributed by atoms with Gasteiger partial charge in [0.05, 0.1) is 12.5 Å². The summed E-state index contributed by atoms with van der Waals surface area (Å²) in [6.45, 7) is -0.543. The number of carbonyl (C=O) groups excluding carboxylic acids is 4. The maximum atomic E-state index is 12.2. The van der Waals surface area contributed by atoms with Crippen molar-refractivity contribution < 1.29 is 23.9 Å². The highest BCUT2D eigenvalue weighted by Gasteiger charge is 2.36. The molecule has 3 rings (SSSR count). The SMILES string of the molecule is O=C(COC(=O)[C@H]1CC(=O)N(NC(=O)c2ccc(Cl)cc2)C1)Nc1ccc(Cl)cc1. The minimum Gasteiger partial charge on any atom is -0.455 e. The average molecular weight is 450 g/mol. The van der Waals surface area contributed by atoms with Crippen molar-refractivity contribution in [2.75, 3.05) is 18.5 Å². The molecule has 1 fully saturated rings. The van der Waals surface area contributed by atoms with Crippen molar-refractivity contribution >= 4 is 52.6 Å². The Morgan fingerprint density at radius 1 is 1.00 bits per heavy atom. The van der Waals surface area contributed by atoms with Gasteiger partial charge in [-0.1, -0.05) is 23.2 Å². The molecule has 0 aromatic heterocycles. The lowest BCUT2D eigenvalue weighted by atomic mass is 10.1. The first-order valence-corrected chi connectivity index (χ1v) is 9.66. The van der Waals surface area contributed by atoms with Crippen molar-refractivity contribution in [2.24, 2.45) is 5.92 Å². The molecule has 3 amide bonds. The normalized spacial score (nSPS) is 15.6. The van der Waals surface area contributed by atoms with Crippen LogP contribution in [0, 0.1) is 5.92 Å². The molecule has 8 nitrogen and oxygen atoms in total. The number of nitrogens with zero attached hydrogens (tertiary/aromatic N) is 1. The quantitative estimate of drug-likeness (QED) is 0.659. The minimum absolute atomic E-state index is 0.0458. The third kappa shape index (κ3) is 5.71. The van der Waals surface area contributed by atoms with Gasteiger partial charge in [-0.25, -0.2) is 0 Å². The van der Waals surface area contributed by atoms with Crippen LogP contribution in [0.25, 0.3) is 0 Å². The molecule has 0 unspecified atom stereocenters. The van der Waals surface area contributed by atoms with E-state index >= 15 is 0 Å². The van der Waals surface area contributed by atoms with Crippen molar-refractivity contribution in [3.63, 3.8) is 0 Å². The summed E-state index contributed by atoms with van der Waals surface area (Å²) in [5, 5.41) is 4.63. The van der Waals surface area contributed by atoms with Crippen LogP contribution < -0.4 is 10.7 Å². The predicted octanol–water partition coefficient (Wildman–Crippen LogP) is 2.67. The van der Waals surface area contributed by atoms with E-state index in [9.17, 15) is 19.2 Å². The van der Waals surface area contributed by atoms with Crippen molar-refractivity contribution in [3.8, 4) is 0 Å². The van der Waals surface area contributed by atoms with Crippen LogP contribution in [0.1, 0.15) is 16.8 Å². The van der Waals surface area contributed by atoms with Crippen LogP contribution in [0.3, 0.4) is 0 Å². The van der Waals surface area contributed by atoms with E-state index in [1.54, 1.807) is 36.4 Å². The van der Waals surface area contributed by atoms with E-state index in [0.717, 1.165) is 5.01 Å². The predicted molar refractivity (Wildman–Crippen MR) is 110 cm³/mol. The third-order valence-corrected chi connectivity index (χ3v) is 4.78. The van der Waals surface area contributed by atoms with E-state index in [-0.39, 0.29) is 13.0 Å². The number of amides is 3. The highest BCUT2D eigenvalue weighted by Crippen LogP contribution is 2.18. The molecule has 1 aliphatic rings. The third-order valence-electron chi connectivity index (χ3n) is 4.27. The lowest BCUT2D eigenvalue weighted by Crippen LogP contribution is -2.43. The van der Waals surface area contributed by atoms with Gasteiger partial charge in [-0.05, 0) is 48.5 Å². The average Bonchev–Trinajstić information content (AvgIpc) is 3.09. The number of anilines is 1. The second-order valence-corrected chi connectivity index (χ2v) is 7.39. The maximum Gasteiger partial charge on any atom is 0.311 e. The van der Waals surface area contributed by atoms with E-state index in [2.05, 4.69) is 10.7 Å². The first kappa shape index (κ1) is 21.6. The fourth-order valence-corrected chi connectivity index (χ4v) is 3.00. The number of carbonyl (C=O) groups is 4. The number of hydrazine groups is 1. The van der Waals surface area contributed by atoms with Gasteiger partial charge in [0.25, 0.3) is 11.8 Å². The highest BCUT2D eigenvalue weighted by molar-refractivity contribution is 6.31. The molecule has 0 spiro atoms. The van der Waals surface area contributed by atoms with E-state index in [4.69, 9.17) is 27.9 Å². The summed E-state index contributed by atoms with van der Waals surface area (Å²) >= 11 is 11.6. The molecule has 2 N–H and O–H groups in total. The van der Waals surface area contributed by atoms with Crippen molar-refractivity contribution in [1.29, 1.82) is 0 Å². The minimum atomic E-state index is -0.786. The highest BCUT2D eigenvalue weighted by atomic mass is 35.5. The molecule has 1 aliphatic heterocycles. The van der Waals surface area contributed by atoms with Gasteiger partial charge < -0.3 is 10.1 Å². The Hall–Kier alpha value is -3.10. The fraction of sp³-hybridized carbons (Fsp3) is 0.200. The standard InChI is InChI=1S/C20H17Cl2N3O5/c21-14-3-1-12(2-4-14)19(28)24-25-10-13(9-18(25)27)20(29)30-11-17(26)23-16-7-5-15(22)6-8-16/h1-8,13H,9-11H2,(H,23,26)(H,24,28)/t13-/m0/s1. The van der Waals surface area contributed by atoms with Crippen molar-refractivity contribution in [2.45, 2.75) is 6.42 Å². The molecule has 10 heteroatoms. The molecule has 1 atom stereocenters. The Kier molecular flexibility index (Phi) is 6.91. The number of halogens is 2.